The Balaban J connectivity index is 0. The van der Waals surface area contributed by atoms with Crippen LogP contribution >= 0.6 is 36.2 Å². The molecule has 0 atom stereocenters. The molecule has 2 nitrogen and oxygen atoms in total. The van der Waals surface area contributed by atoms with E-state index in [4.69, 9.17) is 24.4 Å². The van der Waals surface area contributed by atoms with Crippen LogP contribution in [0.1, 0.15) is 0 Å². The number of aromatic amines is 2. The van der Waals surface area contributed by atoms with Crippen molar-refractivity contribution in [1.29, 1.82) is 0 Å². The molecule has 7 heteroatoms. The maximum Gasteiger partial charge on any atom is 0.149 e. The zero-order valence-electron chi connectivity index (χ0n) is 5.22. The third kappa shape index (κ3) is 4.44. The van der Waals surface area contributed by atoms with Crippen LogP contribution < -0.4 is 0 Å². The third-order valence-corrected chi connectivity index (χ3v) is 2.11. The average molecular weight is 196 g/mol. The molecule has 0 aliphatic rings. The molecule has 0 saturated heterocycles. The molecular formula is C2H2N2Na2S3. The average Bonchev–Trinajstić information content (AvgIpc) is 1.91. The molecular weight excluding hydrogens is 194 g/mol. The second-order valence-corrected chi connectivity index (χ2v) is 2.39. The van der Waals surface area contributed by atoms with Crippen LogP contribution in [0.15, 0.2) is 0 Å². The monoisotopic (exact) mass is 196 g/mol. The zero-order valence-corrected chi connectivity index (χ0v) is 11.7. The molecule has 0 aliphatic heterocycles. The van der Waals surface area contributed by atoms with Gasteiger partial charge < -0.3 is 0 Å². The molecule has 1 aromatic heterocycles. The molecule has 0 spiro atoms. The van der Waals surface area contributed by atoms with Gasteiger partial charge in [0.15, 0.2) is 0 Å². The largest absolute Gasteiger partial charge is 0.285 e. The number of hydrogen-bond acceptors (Lipinski definition) is 3. The first-order valence-electron chi connectivity index (χ1n) is 1.57. The fourth-order valence-corrected chi connectivity index (χ4v) is 1.13. The van der Waals surface area contributed by atoms with E-state index in [0.29, 0.717) is 9.28 Å². The molecule has 0 aromatic carbocycles. The summed E-state index contributed by atoms with van der Waals surface area (Å²) in [6.07, 6.45) is 0. The maximum absolute atomic E-state index is 4.71. The molecule has 2 radical (unpaired) electrons. The molecule has 0 saturated carbocycles. The fourth-order valence-electron chi connectivity index (χ4n) is 0.211. The Bertz CT molecular complexity index is 222. The minimum absolute atomic E-state index is 0. The Hall–Kier alpha value is 2.00. The van der Waals surface area contributed by atoms with Gasteiger partial charge in [-0.1, -0.05) is 24.4 Å². The van der Waals surface area contributed by atoms with Gasteiger partial charge in [0.2, 0.25) is 0 Å². The number of hydrogen-bond donors (Lipinski definition) is 2. The van der Waals surface area contributed by atoms with Crippen molar-refractivity contribution in [3.05, 3.63) is 9.28 Å². The molecule has 0 fully saturated rings. The fraction of sp³-hybridized carbons (Fsp3) is 0. The predicted molar refractivity (Wildman–Crippen MR) is 46.2 cm³/mol. The topological polar surface area (TPSA) is 31.6 Å². The summed E-state index contributed by atoms with van der Waals surface area (Å²) >= 11 is 10.7. The second kappa shape index (κ2) is 6.69. The summed E-state index contributed by atoms with van der Waals surface area (Å²) in [6.45, 7) is 0. The van der Waals surface area contributed by atoms with Gasteiger partial charge in [-0.05, 0) is 0 Å². The quantitative estimate of drug-likeness (QED) is 0.481. The summed E-state index contributed by atoms with van der Waals surface area (Å²) < 4.78 is 6.78. The van der Waals surface area contributed by atoms with E-state index in [0.717, 1.165) is 0 Å². The van der Waals surface area contributed by atoms with Crippen molar-refractivity contribution in [2.75, 3.05) is 0 Å². The molecule has 0 aliphatic carbocycles. The molecule has 1 heterocycles. The minimum Gasteiger partial charge on any atom is -0.285 e. The molecule has 2 N–H and O–H groups in total. The normalized spacial score (nSPS) is 7.11. The van der Waals surface area contributed by atoms with Crippen LogP contribution in [0.5, 0.6) is 0 Å². The molecule has 1 aromatic rings. The first-order chi connectivity index (χ1) is 3.30. The van der Waals surface area contributed by atoms with E-state index in [1.54, 1.807) is 0 Å². The smallest absolute Gasteiger partial charge is 0.149 e. The van der Waals surface area contributed by atoms with Crippen molar-refractivity contribution in [2.45, 2.75) is 0 Å². The summed E-state index contributed by atoms with van der Waals surface area (Å²) in [5, 5.41) is 0. The Kier molecular flexibility index (Phi) is 10.1. The Morgan fingerprint density at radius 3 is 1.44 bits per heavy atom. The SMILES string of the molecule is S=c1[nH]s[nH]c1=S.[Na].[Na]. The zero-order chi connectivity index (χ0) is 5.28. The number of aromatic nitrogens is 2. The molecule has 0 bridgehead atoms. The van der Waals surface area contributed by atoms with E-state index in [2.05, 4.69) is 8.75 Å². The minimum atomic E-state index is 0. The van der Waals surface area contributed by atoms with Crippen molar-refractivity contribution in [1.82, 2.24) is 8.75 Å². The number of nitrogens with one attached hydrogen (secondary N) is 2. The Labute approximate surface area is 111 Å². The van der Waals surface area contributed by atoms with Crippen LogP contribution in [-0.2, 0) is 0 Å². The second-order valence-electron chi connectivity index (χ2n) is 0.964. The van der Waals surface area contributed by atoms with Gasteiger partial charge >= 0.3 is 0 Å². The predicted octanol–water partition coefficient (Wildman–Crippen LogP) is 1.10. The van der Waals surface area contributed by atoms with Crippen LogP contribution in [0.2, 0.25) is 0 Å². The summed E-state index contributed by atoms with van der Waals surface area (Å²) in [4.78, 5) is 0. The van der Waals surface area contributed by atoms with Crippen molar-refractivity contribution in [2.24, 2.45) is 0 Å². The van der Waals surface area contributed by atoms with Crippen molar-refractivity contribution >= 4 is 95.3 Å². The summed E-state index contributed by atoms with van der Waals surface area (Å²) in [5.74, 6) is 0. The first kappa shape index (κ1) is 13.6. The Morgan fingerprint density at radius 2 is 1.33 bits per heavy atom. The van der Waals surface area contributed by atoms with E-state index in [-0.39, 0.29) is 59.1 Å². The molecule has 1 rings (SSSR count). The maximum atomic E-state index is 4.71. The van der Waals surface area contributed by atoms with E-state index < -0.39 is 0 Å². The van der Waals surface area contributed by atoms with Crippen LogP contribution in [0.25, 0.3) is 0 Å². The molecule has 40 valence electrons. The number of H-pyrrole nitrogens is 2. The van der Waals surface area contributed by atoms with Gasteiger partial charge in [-0.15, -0.1) is 0 Å². The van der Waals surface area contributed by atoms with Gasteiger partial charge in [-0.3, -0.25) is 8.75 Å². The van der Waals surface area contributed by atoms with E-state index in [1.165, 1.54) is 11.7 Å². The van der Waals surface area contributed by atoms with Gasteiger partial charge in [0.25, 0.3) is 0 Å². The van der Waals surface area contributed by atoms with Gasteiger partial charge in [0.1, 0.15) is 9.28 Å². The summed E-state index contributed by atoms with van der Waals surface area (Å²) in [5.41, 5.74) is 0. The van der Waals surface area contributed by atoms with Crippen molar-refractivity contribution in [3.8, 4) is 0 Å². The molecule has 0 amide bonds. The standard InChI is InChI=1S/C2H2N2S3.2Na/c5-1-2(6)4-7-3-1;;/h(H,3,5)(H,4,6);;. The van der Waals surface area contributed by atoms with Gasteiger partial charge in [0.05, 0.1) is 0 Å². The van der Waals surface area contributed by atoms with Crippen molar-refractivity contribution < 1.29 is 0 Å². The summed E-state index contributed by atoms with van der Waals surface area (Å²) in [7, 11) is 0. The van der Waals surface area contributed by atoms with Gasteiger partial charge in [-0.25, -0.2) is 0 Å². The van der Waals surface area contributed by atoms with Crippen molar-refractivity contribution in [3.63, 3.8) is 0 Å². The Morgan fingerprint density at radius 1 is 1.00 bits per heavy atom. The van der Waals surface area contributed by atoms with E-state index in [9.17, 15) is 0 Å². The van der Waals surface area contributed by atoms with Crippen LogP contribution in [-0.4, -0.2) is 67.9 Å². The van der Waals surface area contributed by atoms with E-state index >= 15 is 0 Å². The van der Waals surface area contributed by atoms with Gasteiger partial charge in [-0.2, -0.15) is 0 Å². The molecule has 9 heavy (non-hydrogen) atoms. The first-order valence-corrected chi connectivity index (χ1v) is 3.20. The van der Waals surface area contributed by atoms with Crippen LogP contribution in [0, 0.1) is 9.28 Å². The summed E-state index contributed by atoms with van der Waals surface area (Å²) in [6, 6.07) is 0. The number of rotatable bonds is 0. The molecule has 0 unspecified atom stereocenters. The van der Waals surface area contributed by atoms with Gasteiger partial charge in [0, 0.05) is 70.8 Å². The van der Waals surface area contributed by atoms with Crippen LogP contribution in [0.3, 0.4) is 0 Å². The van der Waals surface area contributed by atoms with E-state index in [1.807, 2.05) is 0 Å². The third-order valence-electron chi connectivity index (χ3n) is 0.494. The van der Waals surface area contributed by atoms with Crippen LogP contribution in [0.4, 0.5) is 0 Å².